The van der Waals surface area contributed by atoms with Gasteiger partial charge in [-0.25, -0.2) is 0 Å². The van der Waals surface area contributed by atoms with Crippen LogP contribution in [0.4, 0.5) is 0 Å². The van der Waals surface area contributed by atoms with Crippen molar-refractivity contribution in [1.82, 2.24) is 10.2 Å². The number of nitrogens with zero attached hydrogens (tertiary/aromatic N) is 1. The Morgan fingerprint density at radius 3 is 2.25 bits per heavy atom. The van der Waals surface area contributed by atoms with Crippen LogP contribution in [0.3, 0.4) is 0 Å². The van der Waals surface area contributed by atoms with Crippen LogP contribution in [0.15, 0.2) is 0 Å². The fraction of sp³-hybridized carbons (Fsp3) is 1.00. The van der Waals surface area contributed by atoms with E-state index in [1.165, 1.54) is 6.42 Å². The molecule has 0 aromatic heterocycles. The molecule has 0 amide bonds. The van der Waals surface area contributed by atoms with Crippen molar-refractivity contribution in [3.8, 4) is 0 Å². The monoisotopic (exact) mass is 284 g/mol. The van der Waals surface area contributed by atoms with Crippen molar-refractivity contribution >= 4 is 0 Å². The van der Waals surface area contributed by atoms with Gasteiger partial charge in [0.15, 0.2) is 0 Å². The molecule has 0 aromatic carbocycles. The molecule has 3 nitrogen and oxygen atoms in total. The Hall–Kier alpha value is -0.120. The number of hydrogen-bond donors (Lipinski definition) is 2. The van der Waals surface area contributed by atoms with Crippen molar-refractivity contribution in [2.45, 2.75) is 72.6 Å². The third kappa shape index (κ3) is 6.11. The van der Waals surface area contributed by atoms with Crippen LogP contribution in [-0.4, -0.2) is 47.8 Å². The van der Waals surface area contributed by atoms with E-state index in [4.69, 9.17) is 0 Å². The first-order valence-electron chi connectivity index (χ1n) is 8.45. The Bertz CT molecular complexity index is 264. The Morgan fingerprint density at radius 2 is 1.75 bits per heavy atom. The average molecular weight is 284 g/mol. The molecule has 120 valence electrons. The first-order chi connectivity index (χ1) is 9.29. The predicted molar refractivity (Wildman–Crippen MR) is 86.9 cm³/mol. The molecule has 0 spiro atoms. The van der Waals surface area contributed by atoms with Gasteiger partial charge in [0, 0.05) is 25.2 Å². The zero-order chi connectivity index (χ0) is 15.3. The Balaban J connectivity index is 2.56. The van der Waals surface area contributed by atoms with Gasteiger partial charge in [-0.3, -0.25) is 4.90 Å². The molecule has 1 fully saturated rings. The predicted octanol–water partition coefficient (Wildman–Crippen LogP) is 2.74. The van der Waals surface area contributed by atoms with Crippen LogP contribution in [0.1, 0.15) is 54.4 Å². The van der Waals surface area contributed by atoms with Crippen LogP contribution in [0.25, 0.3) is 0 Å². The van der Waals surface area contributed by atoms with E-state index in [9.17, 15) is 5.11 Å². The molecule has 3 atom stereocenters. The van der Waals surface area contributed by atoms with E-state index < -0.39 is 0 Å². The fourth-order valence-electron chi connectivity index (χ4n) is 3.00. The molecule has 20 heavy (non-hydrogen) atoms. The second-order valence-electron chi connectivity index (χ2n) is 7.70. The van der Waals surface area contributed by atoms with E-state index in [0.717, 1.165) is 26.1 Å². The fourth-order valence-corrected chi connectivity index (χ4v) is 3.00. The first kappa shape index (κ1) is 17.9. The topological polar surface area (TPSA) is 35.5 Å². The SMILES string of the molecule is CC(C)CNC1CC(CC(O)C(C)C)CN(C(C)C)C1. The molecule has 0 saturated carbocycles. The number of rotatable bonds is 7. The molecule has 0 aliphatic carbocycles. The summed E-state index contributed by atoms with van der Waals surface area (Å²) in [6.45, 7) is 16.7. The van der Waals surface area contributed by atoms with Crippen LogP contribution >= 0.6 is 0 Å². The third-order valence-corrected chi connectivity index (χ3v) is 4.45. The van der Waals surface area contributed by atoms with Gasteiger partial charge in [-0.2, -0.15) is 0 Å². The highest BCUT2D eigenvalue weighted by molar-refractivity contribution is 4.86. The number of hydrogen-bond acceptors (Lipinski definition) is 3. The van der Waals surface area contributed by atoms with Crippen LogP contribution in [0.2, 0.25) is 0 Å². The van der Waals surface area contributed by atoms with E-state index in [1.807, 2.05) is 0 Å². The van der Waals surface area contributed by atoms with Gasteiger partial charge in [0.05, 0.1) is 6.10 Å². The molecule has 1 heterocycles. The second kappa shape index (κ2) is 8.35. The van der Waals surface area contributed by atoms with Crippen molar-refractivity contribution in [2.75, 3.05) is 19.6 Å². The Kier molecular flexibility index (Phi) is 7.49. The third-order valence-electron chi connectivity index (χ3n) is 4.45. The molecule has 0 aromatic rings. The second-order valence-corrected chi connectivity index (χ2v) is 7.70. The highest BCUT2D eigenvalue weighted by atomic mass is 16.3. The molecule has 1 rings (SSSR count). The molecular formula is C17H36N2O. The van der Waals surface area contributed by atoms with Crippen LogP contribution < -0.4 is 5.32 Å². The highest BCUT2D eigenvalue weighted by Crippen LogP contribution is 2.25. The van der Waals surface area contributed by atoms with E-state index in [-0.39, 0.29) is 6.10 Å². The largest absolute Gasteiger partial charge is 0.393 e. The van der Waals surface area contributed by atoms with Gasteiger partial charge in [0.2, 0.25) is 0 Å². The number of aliphatic hydroxyl groups is 1. The lowest BCUT2D eigenvalue weighted by molar-refractivity contribution is 0.0515. The van der Waals surface area contributed by atoms with Crippen molar-refractivity contribution in [3.05, 3.63) is 0 Å². The van der Waals surface area contributed by atoms with Gasteiger partial charge < -0.3 is 10.4 Å². The summed E-state index contributed by atoms with van der Waals surface area (Å²) >= 11 is 0. The van der Waals surface area contributed by atoms with Gasteiger partial charge in [-0.05, 0) is 51.0 Å². The van der Waals surface area contributed by atoms with Gasteiger partial charge in [0.1, 0.15) is 0 Å². The summed E-state index contributed by atoms with van der Waals surface area (Å²) in [6.07, 6.45) is 2.00. The summed E-state index contributed by atoms with van der Waals surface area (Å²) in [5, 5.41) is 13.9. The number of likely N-dealkylation sites (tertiary alicyclic amines) is 1. The number of aliphatic hydroxyl groups excluding tert-OH is 1. The van der Waals surface area contributed by atoms with Gasteiger partial charge in [0.25, 0.3) is 0 Å². The molecule has 3 unspecified atom stereocenters. The van der Waals surface area contributed by atoms with Crippen LogP contribution in [-0.2, 0) is 0 Å². The van der Waals surface area contributed by atoms with Gasteiger partial charge >= 0.3 is 0 Å². The minimum Gasteiger partial charge on any atom is -0.393 e. The van der Waals surface area contributed by atoms with Gasteiger partial charge in [-0.1, -0.05) is 27.7 Å². The summed E-state index contributed by atoms with van der Waals surface area (Å²) in [6, 6.07) is 1.18. The van der Waals surface area contributed by atoms with Crippen molar-refractivity contribution in [1.29, 1.82) is 0 Å². The lowest BCUT2D eigenvalue weighted by atomic mass is 9.86. The normalized spacial score (nSPS) is 26.7. The smallest absolute Gasteiger partial charge is 0.0566 e. The van der Waals surface area contributed by atoms with Crippen molar-refractivity contribution in [3.63, 3.8) is 0 Å². The maximum absolute atomic E-state index is 10.2. The van der Waals surface area contributed by atoms with E-state index in [0.29, 0.717) is 29.8 Å². The first-order valence-corrected chi connectivity index (χ1v) is 8.45. The minimum absolute atomic E-state index is 0.155. The number of piperidine rings is 1. The van der Waals surface area contributed by atoms with Crippen molar-refractivity contribution in [2.24, 2.45) is 17.8 Å². The quantitative estimate of drug-likeness (QED) is 0.754. The van der Waals surface area contributed by atoms with Crippen molar-refractivity contribution < 1.29 is 5.11 Å². The number of nitrogens with one attached hydrogen (secondary N) is 1. The van der Waals surface area contributed by atoms with E-state index >= 15 is 0 Å². The summed E-state index contributed by atoms with van der Waals surface area (Å²) in [7, 11) is 0. The molecule has 2 N–H and O–H groups in total. The molecule has 0 radical (unpaired) electrons. The molecule has 1 aliphatic rings. The zero-order valence-corrected chi connectivity index (χ0v) is 14.4. The molecule has 0 bridgehead atoms. The van der Waals surface area contributed by atoms with E-state index in [2.05, 4.69) is 51.8 Å². The average Bonchev–Trinajstić information content (AvgIpc) is 2.35. The summed E-state index contributed by atoms with van der Waals surface area (Å²) < 4.78 is 0. The van der Waals surface area contributed by atoms with E-state index in [1.54, 1.807) is 0 Å². The standard InChI is InChI=1S/C17H36N2O/c1-12(2)9-18-16-7-15(8-17(20)13(3)4)10-19(11-16)14(5)6/h12-18,20H,7-11H2,1-6H3. The molecule has 3 heteroatoms. The van der Waals surface area contributed by atoms with Crippen LogP contribution in [0.5, 0.6) is 0 Å². The molecule has 1 saturated heterocycles. The van der Waals surface area contributed by atoms with Gasteiger partial charge in [-0.15, -0.1) is 0 Å². The molecular weight excluding hydrogens is 248 g/mol. The summed E-state index contributed by atoms with van der Waals surface area (Å²) in [5.74, 6) is 1.68. The summed E-state index contributed by atoms with van der Waals surface area (Å²) in [5.41, 5.74) is 0. The maximum atomic E-state index is 10.2. The Morgan fingerprint density at radius 1 is 1.10 bits per heavy atom. The lowest BCUT2D eigenvalue weighted by Gasteiger charge is -2.41. The molecule has 1 aliphatic heterocycles. The minimum atomic E-state index is -0.155. The summed E-state index contributed by atoms with van der Waals surface area (Å²) in [4.78, 5) is 2.57. The highest BCUT2D eigenvalue weighted by Gasteiger charge is 2.30. The lowest BCUT2D eigenvalue weighted by Crippen LogP contribution is -2.52. The zero-order valence-electron chi connectivity index (χ0n) is 14.4. The maximum Gasteiger partial charge on any atom is 0.0566 e. The Labute approximate surface area is 126 Å². The van der Waals surface area contributed by atoms with Crippen LogP contribution in [0, 0.1) is 17.8 Å².